The largest absolute Gasteiger partial charge is 0.491 e. The van der Waals surface area contributed by atoms with Gasteiger partial charge in [-0.1, -0.05) is 30.3 Å². The SMILES string of the molecule is CCOc1ccc(CNS(=O)(=O)Cc2ccccc2C)cc1F. The topological polar surface area (TPSA) is 55.4 Å². The van der Waals surface area contributed by atoms with Gasteiger partial charge >= 0.3 is 0 Å². The van der Waals surface area contributed by atoms with Gasteiger partial charge in [0, 0.05) is 6.54 Å². The lowest BCUT2D eigenvalue weighted by molar-refractivity contribution is 0.321. The average Bonchev–Trinajstić information content (AvgIpc) is 2.50. The highest BCUT2D eigenvalue weighted by Gasteiger charge is 2.13. The number of benzene rings is 2. The van der Waals surface area contributed by atoms with Crippen LogP contribution in [0.2, 0.25) is 0 Å². The minimum absolute atomic E-state index is 0.0392. The first-order valence-electron chi connectivity index (χ1n) is 7.34. The summed E-state index contributed by atoms with van der Waals surface area (Å²) in [6.45, 7) is 4.05. The fourth-order valence-electron chi connectivity index (χ4n) is 2.15. The summed E-state index contributed by atoms with van der Waals surface area (Å²) in [4.78, 5) is 0. The van der Waals surface area contributed by atoms with E-state index in [1.807, 2.05) is 19.1 Å². The first kappa shape index (κ1) is 17.4. The highest BCUT2D eigenvalue weighted by Crippen LogP contribution is 2.18. The summed E-state index contributed by atoms with van der Waals surface area (Å²) >= 11 is 0. The van der Waals surface area contributed by atoms with Gasteiger partial charge in [-0.2, -0.15) is 0 Å². The summed E-state index contributed by atoms with van der Waals surface area (Å²) in [7, 11) is -3.49. The molecule has 0 radical (unpaired) electrons. The Labute approximate surface area is 136 Å². The number of hydrogen-bond acceptors (Lipinski definition) is 3. The first-order valence-corrected chi connectivity index (χ1v) is 8.99. The molecule has 0 aliphatic carbocycles. The zero-order valence-corrected chi connectivity index (χ0v) is 14.0. The average molecular weight is 337 g/mol. The van der Waals surface area contributed by atoms with E-state index >= 15 is 0 Å². The number of nitrogens with one attached hydrogen (secondary N) is 1. The molecule has 0 aromatic heterocycles. The number of aryl methyl sites for hydroxylation is 1. The maximum atomic E-state index is 13.8. The Kier molecular flexibility index (Phi) is 5.74. The van der Waals surface area contributed by atoms with Gasteiger partial charge in [0.25, 0.3) is 0 Å². The van der Waals surface area contributed by atoms with Crippen LogP contribution in [-0.2, 0) is 22.3 Å². The molecule has 0 unspecified atom stereocenters. The molecule has 0 heterocycles. The molecule has 2 rings (SSSR count). The van der Waals surface area contributed by atoms with Gasteiger partial charge in [-0.05, 0) is 42.7 Å². The lowest BCUT2D eigenvalue weighted by Gasteiger charge is -2.10. The molecule has 0 aliphatic rings. The standard InChI is InChI=1S/C17H20FNO3S/c1-3-22-17-9-8-14(10-16(17)18)11-19-23(20,21)12-15-7-5-4-6-13(15)2/h4-10,19H,3,11-12H2,1-2H3. The van der Waals surface area contributed by atoms with Crippen molar-refractivity contribution in [3.8, 4) is 5.75 Å². The normalized spacial score (nSPS) is 11.4. The van der Waals surface area contributed by atoms with Crippen molar-refractivity contribution in [3.63, 3.8) is 0 Å². The summed E-state index contributed by atoms with van der Waals surface area (Å²) in [6, 6.07) is 11.7. The van der Waals surface area contributed by atoms with Crippen molar-refractivity contribution in [3.05, 3.63) is 65.0 Å². The van der Waals surface area contributed by atoms with E-state index < -0.39 is 15.8 Å². The molecule has 0 spiro atoms. The van der Waals surface area contributed by atoms with Crippen molar-refractivity contribution >= 4 is 10.0 Å². The van der Waals surface area contributed by atoms with E-state index in [1.165, 1.54) is 12.1 Å². The van der Waals surface area contributed by atoms with Gasteiger partial charge < -0.3 is 4.74 Å². The van der Waals surface area contributed by atoms with Gasteiger partial charge in [-0.3, -0.25) is 0 Å². The third-order valence-electron chi connectivity index (χ3n) is 3.40. The summed E-state index contributed by atoms with van der Waals surface area (Å²) in [6.07, 6.45) is 0. The van der Waals surface area contributed by atoms with Gasteiger partial charge in [0.1, 0.15) is 0 Å². The van der Waals surface area contributed by atoms with E-state index in [4.69, 9.17) is 4.74 Å². The number of halogens is 1. The predicted molar refractivity (Wildman–Crippen MR) is 88.2 cm³/mol. The highest BCUT2D eigenvalue weighted by molar-refractivity contribution is 7.88. The van der Waals surface area contributed by atoms with Crippen LogP contribution in [0.4, 0.5) is 4.39 Å². The first-order chi connectivity index (χ1) is 10.9. The van der Waals surface area contributed by atoms with Crippen LogP contribution in [0.3, 0.4) is 0 Å². The number of sulfonamides is 1. The Hall–Kier alpha value is -1.92. The highest BCUT2D eigenvalue weighted by atomic mass is 32.2. The third-order valence-corrected chi connectivity index (χ3v) is 4.67. The zero-order chi connectivity index (χ0) is 16.9. The number of ether oxygens (including phenoxy) is 1. The van der Waals surface area contributed by atoms with Crippen molar-refractivity contribution in [2.24, 2.45) is 0 Å². The summed E-state index contributed by atoms with van der Waals surface area (Å²) < 4.78 is 45.7. The number of hydrogen-bond donors (Lipinski definition) is 1. The van der Waals surface area contributed by atoms with Crippen LogP contribution in [0.5, 0.6) is 5.75 Å². The van der Waals surface area contributed by atoms with Crippen LogP contribution in [0.1, 0.15) is 23.6 Å². The van der Waals surface area contributed by atoms with Gasteiger partial charge in [0.2, 0.25) is 10.0 Å². The van der Waals surface area contributed by atoms with E-state index in [9.17, 15) is 12.8 Å². The molecular formula is C17H20FNO3S. The quantitative estimate of drug-likeness (QED) is 0.844. The van der Waals surface area contributed by atoms with Gasteiger partial charge in [-0.25, -0.2) is 17.5 Å². The fourth-order valence-corrected chi connectivity index (χ4v) is 3.37. The Morgan fingerprint density at radius 3 is 2.57 bits per heavy atom. The smallest absolute Gasteiger partial charge is 0.216 e. The van der Waals surface area contributed by atoms with E-state index in [0.717, 1.165) is 11.1 Å². The second-order valence-corrected chi connectivity index (χ2v) is 7.01. The molecule has 1 N–H and O–H groups in total. The lowest BCUT2D eigenvalue weighted by Crippen LogP contribution is -2.25. The van der Waals surface area contributed by atoms with Crippen LogP contribution in [0, 0.1) is 12.7 Å². The molecule has 0 bridgehead atoms. The Morgan fingerprint density at radius 2 is 1.91 bits per heavy atom. The molecular weight excluding hydrogens is 317 g/mol. The lowest BCUT2D eigenvalue weighted by atomic mass is 10.1. The van der Waals surface area contributed by atoms with E-state index in [2.05, 4.69) is 4.72 Å². The van der Waals surface area contributed by atoms with Crippen molar-refractivity contribution < 1.29 is 17.5 Å². The monoisotopic (exact) mass is 337 g/mol. The summed E-state index contributed by atoms with van der Waals surface area (Å²) in [5, 5.41) is 0. The van der Waals surface area contributed by atoms with Gasteiger partial charge in [0.15, 0.2) is 11.6 Å². The Bertz CT molecular complexity index is 775. The van der Waals surface area contributed by atoms with Crippen LogP contribution in [0.25, 0.3) is 0 Å². The molecule has 0 fully saturated rings. The molecule has 0 saturated heterocycles. The molecule has 0 atom stereocenters. The zero-order valence-electron chi connectivity index (χ0n) is 13.2. The van der Waals surface area contributed by atoms with Crippen LogP contribution < -0.4 is 9.46 Å². The van der Waals surface area contributed by atoms with Crippen molar-refractivity contribution in [2.75, 3.05) is 6.61 Å². The molecule has 2 aromatic rings. The minimum atomic E-state index is -3.49. The number of rotatable bonds is 7. The predicted octanol–water partition coefficient (Wildman–Crippen LogP) is 3.15. The maximum absolute atomic E-state index is 13.8. The fraction of sp³-hybridized carbons (Fsp3) is 0.294. The third kappa shape index (κ3) is 5.04. The van der Waals surface area contributed by atoms with Crippen molar-refractivity contribution in [1.82, 2.24) is 4.72 Å². The van der Waals surface area contributed by atoms with Gasteiger partial charge in [-0.15, -0.1) is 0 Å². The van der Waals surface area contributed by atoms with Crippen LogP contribution in [-0.4, -0.2) is 15.0 Å². The Morgan fingerprint density at radius 1 is 1.17 bits per heavy atom. The maximum Gasteiger partial charge on any atom is 0.216 e. The molecule has 0 saturated carbocycles. The molecule has 0 amide bonds. The van der Waals surface area contributed by atoms with Gasteiger partial charge in [0.05, 0.1) is 12.4 Å². The summed E-state index contributed by atoms with van der Waals surface area (Å²) in [5.74, 6) is -0.430. The van der Waals surface area contributed by atoms with Crippen molar-refractivity contribution in [1.29, 1.82) is 0 Å². The van der Waals surface area contributed by atoms with E-state index in [0.29, 0.717) is 12.2 Å². The van der Waals surface area contributed by atoms with Crippen LogP contribution >= 0.6 is 0 Å². The summed E-state index contributed by atoms with van der Waals surface area (Å²) in [5.41, 5.74) is 2.21. The molecule has 0 aliphatic heterocycles. The van der Waals surface area contributed by atoms with Crippen molar-refractivity contribution in [2.45, 2.75) is 26.1 Å². The second-order valence-electron chi connectivity index (χ2n) is 5.20. The molecule has 2 aromatic carbocycles. The molecule has 124 valence electrons. The molecule has 6 heteroatoms. The minimum Gasteiger partial charge on any atom is -0.491 e. The molecule has 4 nitrogen and oxygen atoms in total. The van der Waals surface area contributed by atoms with E-state index in [1.54, 1.807) is 25.1 Å². The second kappa shape index (κ2) is 7.57. The Balaban J connectivity index is 2.02. The van der Waals surface area contributed by atoms with E-state index in [-0.39, 0.29) is 18.0 Å². The molecule has 23 heavy (non-hydrogen) atoms. The van der Waals surface area contributed by atoms with Crippen LogP contribution in [0.15, 0.2) is 42.5 Å².